The maximum absolute atomic E-state index is 13.1. The number of carbonyl (C=O) groups is 1. The van der Waals surface area contributed by atoms with Gasteiger partial charge >= 0.3 is 0 Å². The van der Waals surface area contributed by atoms with E-state index in [0.29, 0.717) is 37.6 Å². The van der Waals surface area contributed by atoms with Gasteiger partial charge in [-0.05, 0) is 73.4 Å². The first-order valence-corrected chi connectivity index (χ1v) is 12.7. The second-order valence-electron chi connectivity index (χ2n) is 9.69. The zero-order valence-electron chi connectivity index (χ0n) is 21.7. The molecule has 1 amide bonds. The van der Waals surface area contributed by atoms with Crippen LogP contribution >= 0.6 is 0 Å². The van der Waals surface area contributed by atoms with Crippen LogP contribution in [0.25, 0.3) is 11.0 Å². The summed E-state index contributed by atoms with van der Waals surface area (Å²) in [7, 11) is 1.65. The fourth-order valence-electron chi connectivity index (χ4n) is 5.25. The van der Waals surface area contributed by atoms with Crippen molar-refractivity contribution in [2.24, 2.45) is 0 Å². The third-order valence-electron chi connectivity index (χ3n) is 6.87. The van der Waals surface area contributed by atoms with E-state index in [1.165, 1.54) is 0 Å². The van der Waals surface area contributed by atoms with Crippen LogP contribution < -0.4 is 14.4 Å². The summed E-state index contributed by atoms with van der Waals surface area (Å²) in [5, 5.41) is 0. The third-order valence-corrected chi connectivity index (χ3v) is 6.87. The lowest BCUT2D eigenvalue weighted by atomic mass is 10.1. The molecule has 4 aromatic rings. The number of hydrogen-bond acceptors (Lipinski definition) is 4. The van der Waals surface area contributed by atoms with Gasteiger partial charge in [0.05, 0.1) is 24.7 Å². The number of aryl methyl sites for hydroxylation is 2. The van der Waals surface area contributed by atoms with E-state index in [-0.39, 0.29) is 11.8 Å². The van der Waals surface area contributed by atoms with Gasteiger partial charge in [0, 0.05) is 24.6 Å². The number of amides is 1. The highest BCUT2D eigenvalue weighted by Gasteiger charge is 2.35. The zero-order valence-corrected chi connectivity index (χ0v) is 21.7. The van der Waals surface area contributed by atoms with Crippen LogP contribution in [0, 0.1) is 13.8 Å². The van der Waals surface area contributed by atoms with Crippen LogP contribution in [0.2, 0.25) is 0 Å². The van der Waals surface area contributed by atoms with Crippen LogP contribution in [0.5, 0.6) is 11.5 Å². The summed E-state index contributed by atoms with van der Waals surface area (Å²) in [6.07, 6.45) is 3.09. The molecule has 0 saturated carbocycles. The van der Waals surface area contributed by atoms with Crippen molar-refractivity contribution >= 4 is 22.6 Å². The number of ether oxygens (including phenoxy) is 2. The van der Waals surface area contributed by atoms with E-state index in [9.17, 15) is 4.79 Å². The fourth-order valence-corrected chi connectivity index (χ4v) is 5.25. The molecule has 0 spiro atoms. The lowest BCUT2D eigenvalue weighted by molar-refractivity contribution is -0.117. The topological polar surface area (TPSA) is 56.6 Å². The Kier molecular flexibility index (Phi) is 6.99. The molecule has 3 aromatic carbocycles. The van der Waals surface area contributed by atoms with E-state index in [1.807, 2.05) is 47.4 Å². The summed E-state index contributed by atoms with van der Waals surface area (Å²) in [6.45, 7) is 9.62. The molecule has 1 unspecified atom stereocenters. The number of methoxy groups -OCH3 is 1. The maximum atomic E-state index is 13.1. The predicted molar refractivity (Wildman–Crippen MR) is 148 cm³/mol. The average molecular weight is 496 g/mol. The van der Waals surface area contributed by atoms with Gasteiger partial charge in [-0.25, -0.2) is 4.98 Å². The van der Waals surface area contributed by atoms with Gasteiger partial charge in [-0.3, -0.25) is 4.79 Å². The Morgan fingerprint density at radius 1 is 1.05 bits per heavy atom. The molecule has 1 atom stereocenters. The summed E-state index contributed by atoms with van der Waals surface area (Å²) in [6, 6.07) is 20.4. The van der Waals surface area contributed by atoms with Crippen molar-refractivity contribution in [1.82, 2.24) is 9.55 Å². The Bertz CT molecular complexity index is 1440. The summed E-state index contributed by atoms with van der Waals surface area (Å²) < 4.78 is 13.9. The van der Waals surface area contributed by atoms with Crippen molar-refractivity contribution in [1.29, 1.82) is 0 Å². The van der Waals surface area contributed by atoms with Crippen molar-refractivity contribution in [2.75, 3.05) is 25.2 Å². The number of anilines is 1. The molecule has 190 valence electrons. The number of aromatic nitrogens is 2. The normalized spacial score (nSPS) is 15.4. The number of nitrogens with zero attached hydrogens (tertiary/aromatic N) is 3. The second-order valence-corrected chi connectivity index (χ2v) is 9.69. The number of allylic oxidation sites excluding steroid dienone is 1. The van der Waals surface area contributed by atoms with E-state index in [4.69, 9.17) is 14.5 Å². The summed E-state index contributed by atoms with van der Waals surface area (Å²) in [5.41, 5.74) is 6.38. The molecule has 6 heteroatoms. The van der Waals surface area contributed by atoms with Gasteiger partial charge in [-0.15, -0.1) is 6.58 Å². The molecule has 0 aliphatic carbocycles. The van der Waals surface area contributed by atoms with Gasteiger partial charge in [-0.1, -0.05) is 30.3 Å². The molecular formula is C31H33N3O3. The monoisotopic (exact) mass is 495 g/mol. The molecule has 5 rings (SSSR count). The van der Waals surface area contributed by atoms with Gasteiger partial charge in [0.25, 0.3) is 0 Å². The fraction of sp³-hybridized carbons (Fsp3) is 0.290. The second kappa shape index (κ2) is 10.5. The first-order chi connectivity index (χ1) is 18.0. The number of para-hydroxylation sites is 2. The van der Waals surface area contributed by atoms with Crippen molar-refractivity contribution in [3.63, 3.8) is 0 Å². The maximum Gasteiger partial charge on any atom is 0.227 e. The average Bonchev–Trinajstić information content (AvgIpc) is 3.45. The minimum Gasteiger partial charge on any atom is -0.493 e. The first kappa shape index (κ1) is 24.6. The first-order valence-electron chi connectivity index (χ1n) is 12.7. The largest absolute Gasteiger partial charge is 0.493 e. The molecule has 6 nitrogen and oxygen atoms in total. The van der Waals surface area contributed by atoms with Crippen molar-refractivity contribution in [3.8, 4) is 11.5 Å². The minimum absolute atomic E-state index is 0.00782. The summed E-state index contributed by atoms with van der Waals surface area (Å²) in [4.78, 5) is 20.0. The molecule has 1 saturated heterocycles. The highest BCUT2D eigenvalue weighted by atomic mass is 16.5. The van der Waals surface area contributed by atoms with Gasteiger partial charge < -0.3 is 18.9 Å². The standard InChI is InChI=1S/C31H33N3O3/c1-5-8-23-11-12-28(29(18-23)36-4)37-14-13-33-27-10-7-6-9-26(27)32-31(33)24-19-30(35)34(20-24)25-16-21(2)15-22(3)17-25/h5-7,9-12,15-18,24H,1,8,13-14,19-20H2,2-4H3. The Hall–Kier alpha value is -4.06. The number of hydrogen-bond donors (Lipinski definition) is 0. The van der Waals surface area contributed by atoms with Crippen molar-refractivity contribution < 1.29 is 14.3 Å². The summed E-state index contributed by atoms with van der Waals surface area (Å²) >= 11 is 0. The number of rotatable bonds is 9. The summed E-state index contributed by atoms with van der Waals surface area (Å²) in [5.74, 6) is 2.49. The van der Waals surface area contributed by atoms with Crippen molar-refractivity contribution in [2.45, 2.75) is 39.2 Å². The lowest BCUT2D eigenvalue weighted by Gasteiger charge is -2.19. The molecule has 1 fully saturated rings. The number of carbonyl (C=O) groups excluding carboxylic acids is 1. The van der Waals surface area contributed by atoms with Crippen LogP contribution in [0.3, 0.4) is 0 Å². The Morgan fingerprint density at radius 3 is 2.59 bits per heavy atom. The smallest absolute Gasteiger partial charge is 0.227 e. The van der Waals surface area contributed by atoms with E-state index < -0.39 is 0 Å². The van der Waals surface area contributed by atoms with Crippen molar-refractivity contribution in [3.05, 3.63) is 95.8 Å². The van der Waals surface area contributed by atoms with Gasteiger partial charge in [-0.2, -0.15) is 0 Å². The highest BCUT2D eigenvalue weighted by Crippen LogP contribution is 2.34. The molecule has 2 heterocycles. The van der Waals surface area contributed by atoms with Gasteiger partial charge in [0.1, 0.15) is 12.4 Å². The van der Waals surface area contributed by atoms with Crippen LogP contribution in [-0.2, 0) is 17.8 Å². The molecule has 1 aromatic heterocycles. The molecule has 0 bridgehead atoms. The molecule has 37 heavy (non-hydrogen) atoms. The molecule has 0 N–H and O–H groups in total. The third kappa shape index (κ3) is 5.10. The Balaban J connectivity index is 1.38. The van der Waals surface area contributed by atoms with Crippen LogP contribution in [0.4, 0.5) is 5.69 Å². The quantitative estimate of drug-likeness (QED) is 0.268. The Morgan fingerprint density at radius 2 is 1.84 bits per heavy atom. The van der Waals surface area contributed by atoms with Crippen LogP contribution in [0.1, 0.15) is 34.9 Å². The Labute approximate surface area is 218 Å². The van der Waals surface area contributed by atoms with Crippen LogP contribution in [-0.4, -0.2) is 35.7 Å². The van der Waals surface area contributed by atoms with E-state index in [1.54, 1.807) is 7.11 Å². The molecular weight excluding hydrogens is 462 g/mol. The zero-order chi connectivity index (χ0) is 25.9. The SMILES string of the molecule is C=CCc1ccc(OCCn2c(C3CC(=O)N(c4cc(C)cc(C)c4)C3)nc3ccccc32)c(OC)c1. The highest BCUT2D eigenvalue weighted by molar-refractivity contribution is 5.96. The van der Waals surface area contributed by atoms with Gasteiger partial charge in [0.15, 0.2) is 11.5 Å². The molecule has 0 radical (unpaired) electrons. The number of imidazole rings is 1. The van der Waals surface area contributed by atoms with Crippen LogP contribution in [0.15, 0.2) is 73.3 Å². The predicted octanol–water partition coefficient (Wildman–Crippen LogP) is 5.99. The van der Waals surface area contributed by atoms with E-state index in [2.05, 4.69) is 49.3 Å². The van der Waals surface area contributed by atoms with E-state index in [0.717, 1.165) is 45.7 Å². The van der Waals surface area contributed by atoms with E-state index >= 15 is 0 Å². The minimum atomic E-state index is 0.00782. The lowest BCUT2D eigenvalue weighted by Crippen LogP contribution is -2.25. The van der Waals surface area contributed by atoms with Gasteiger partial charge in [0.2, 0.25) is 5.91 Å². The number of fused-ring (bicyclic) bond motifs is 1. The molecule has 1 aliphatic rings. The molecule has 1 aliphatic heterocycles. The number of benzene rings is 3.